The molecule has 35 heavy (non-hydrogen) atoms. The number of aryl methyl sites for hydroxylation is 3. The maximum Gasteiger partial charge on any atom is 0.178 e. The van der Waals surface area contributed by atoms with Crippen LogP contribution in [0.3, 0.4) is 0 Å². The average molecular weight is 465 g/mol. The fraction of sp³-hybridized carbons (Fsp3) is 0.259. The maximum atomic E-state index is 4.67. The van der Waals surface area contributed by atoms with Crippen LogP contribution in [-0.2, 0) is 0 Å². The van der Waals surface area contributed by atoms with E-state index in [1.165, 1.54) is 27.8 Å². The summed E-state index contributed by atoms with van der Waals surface area (Å²) in [7, 11) is 4.10. The van der Waals surface area contributed by atoms with Crippen LogP contribution in [0.25, 0.3) is 11.1 Å². The van der Waals surface area contributed by atoms with Gasteiger partial charge in [0.15, 0.2) is 23.3 Å². The van der Waals surface area contributed by atoms with Crippen LogP contribution in [0.4, 0.5) is 34.6 Å². The summed E-state index contributed by atoms with van der Waals surface area (Å²) in [5.41, 5.74) is 8.39. The molecule has 2 aliphatic rings. The fourth-order valence-electron chi connectivity index (χ4n) is 5.35. The molecule has 0 fully saturated rings. The van der Waals surface area contributed by atoms with Crippen molar-refractivity contribution in [3.8, 4) is 11.1 Å². The first-order valence-corrected chi connectivity index (χ1v) is 11.7. The van der Waals surface area contributed by atoms with Gasteiger partial charge >= 0.3 is 0 Å². The van der Waals surface area contributed by atoms with E-state index in [4.69, 9.17) is 0 Å². The van der Waals surface area contributed by atoms with E-state index in [9.17, 15) is 0 Å². The molecule has 2 aromatic heterocycles. The molecule has 6 rings (SSSR count). The number of nitrogens with zero attached hydrogens (tertiary/aromatic N) is 8. The van der Waals surface area contributed by atoms with Crippen molar-refractivity contribution in [1.82, 2.24) is 19.9 Å². The summed E-state index contributed by atoms with van der Waals surface area (Å²) in [5, 5.41) is 0. The zero-order valence-electron chi connectivity index (χ0n) is 20.7. The van der Waals surface area contributed by atoms with Crippen LogP contribution < -0.4 is 19.6 Å². The topological polar surface area (TPSA) is 64.5 Å². The Morgan fingerprint density at radius 3 is 1.46 bits per heavy atom. The van der Waals surface area contributed by atoms with Crippen molar-refractivity contribution in [3.63, 3.8) is 0 Å². The molecule has 0 saturated heterocycles. The lowest BCUT2D eigenvalue weighted by Gasteiger charge is -2.25. The second-order valence-corrected chi connectivity index (χ2v) is 9.45. The molecule has 8 heteroatoms. The molecule has 2 aliphatic heterocycles. The molecule has 0 radical (unpaired) electrons. The number of hydrogen-bond acceptors (Lipinski definition) is 8. The molecule has 0 saturated carbocycles. The third-order valence-electron chi connectivity index (χ3n) is 6.75. The molecule has 2 aromatic carbocycles. The van der Waals surface area contributed by atoms with E-state index in [-0.39, 0.29) is 0 Å². The molecule has 0 aliphatic carbocycles. The molecule has 0 unspecified atom stereocenters. The van der Waals surface area contributed by atoms with Crippen molar-refractivity contribution < 1.29 is 0 Å². The molecule has 4 aromatic rings. The summed E-state index contributed by atoms with van der Waals surface area (Å²) in [6, 6.07) is 11.3. The largest absolute Gasteiger partial charge is 0.338 e. The van der Waals surface area contributed by atoms with Gasteiger partial charge in [0.05, 0.1) is 13.3 Å². The first-order valence-electron chi connectivity index (χ1n) is 11.7. The van der Waals surface area contributed by atoms with Crippen LogP contribution in [0.5, 0.6) is 0 Å². The Hall–Kier alpha value is -4.20. The van der Waals surface area contributed by atoms with Crippen molar-refractivity contribution >= 4 is 34.6 Å². The fourth-order valence-corrected chi connectivity index (χ4v) is 5.35. The predicted octanol–water partition coefficient (Wildman–Crippen LogP) is 4.95. The quantitative estimate of drug-likeness (QED) is 0.422. The van der Waals surface area contributed by atoms with E-state index >= 15 is 0 Å². The molecular formula is C27H28N8. The lowest BCUT2D eigenvalue weighted by molar-refractivity contribution is 0.926. The molecule has 0 atom stereocenters. The van der Waals surface area contributed by atoms with Gasteiger partial charge in [-0.2, -0.15) is 0 Å². The lowest BCUT2D eigenvalue weighted by atomic mass is 9.93. The highest BCUT2D eigenvalue weighted by Gasteiger charge is 2.31. The molecule has 0 N–H and O–H groups in total. The van der Waals surface area contributed by atoms with Gasteiger partial charge in [-0.25, -0.2) is 19.9 Å². The molecule has 0 spiro atoms. The van der Waals surface area contributed by atoms with Crippen molar-refractivity contribution in [2.75, 3.05) is 47.0 Å². The van der Waals surface area contributed by atoms with Gasteiger partial charge in [0, 0.05) is 50.3 Å². The van der Waals surface area contributed by atoms with Crippen molar-refractivity contribution in [1.29, 1.82) is 0 Å². The highest BCUT2D eigenvalue weighted by molar-refractivity contribution is 5.86. The van der Waals surface area contributed by atoms with E-state index in [1.807, 2.05) is 14.1 Å². The minimum absolute atomic E-state index is 0.685. The zero-order chi connectivity index (χ0) is 24.3. The number of benzene rings is 2. The third-order valence-corrected chi connectivity index (χ3v) is 6.75. The van der Waals surface area contributed by atoms with Crippen LogP contribution >= 0.6 is 0 Å². The highest BCUT2D eigenvalue weighted by atomic mass is 15.4. The maximum absolute atomic E-state index is 4.67. The molecule has 176 valence electrons. The minimum atomic E-state index is 0.685. The zero-order valence-corrected chi connectivity index (χ0v) is 20.7. The summed E-state index contributed by atoms with van der Waals surface area (Å²) in [5.74, 6) is 3.52. The third kappa shape index (κ3) is 3.44. The predicted molar refractivity (Wildman–Crippen MR) is 141 cm³/mol. The SMILES string of the molecule is Cc1cc(C)c(-c2cc(N3CN(C)c4nccnc43)cc(N3CN(C)c4nccnc43)c2)c(C)c1. The van der Waals surface area contributed by atoms with Gasteiger partial charge in [-0.05, 0) is 61.2 Å². The summed E-state index contributed by atoms with van der Waals surface area (Å²) in [6.45, 7) is 7.90. The van der Waals surface area contributed by atoms with E-state index in [0.29, 0.717) is 13.3 Å². The number of anilines is 6. The van der Waals surface area contributed by atoms with Crippen LogP contribution in [-0.4, -0.2) is 47.4 Å². The Morgan fingerprint density at radius 1 is 0.571 bits per heavy atom. The van der Waals surface area contributed by atoms with Gasteiger partial charge in [0.1, 0.15) is 0 Å². The number of hydrogen-bond donors (Lipinski definition) is 0. The van der Waals surface area contributed by atoms with Crippen LogP contribution in [0.15, 0.2) is 55.1 Å². The second kappa shape index (κ2) is 7.94. The van der Waals surface area contributed by atoms with E-state index in [1.54, 1.807) is 24.8 Å². The van der Waals surface area contributed by atoms with Gasteiger partial charge < -0.3 is 19.6 Å². The summed E-state index contributed by atoms with van der Waals surface area (Å²) in [4.78, 5) is 27.2. The van der Waals surface area contributed by atoms with Gasteiger partial charge in [0.25, 0.3) is 0 Å². The van der Waals surface area contributed by atoms with E-state index in [0.717, 1.165) is 34.6 Å². The van der Waals surface area contributed by atoms with Crippen LogP contribution in [0.1, 0.15) is 16.7 Å². The normalized spacial score (nSPS) is 14.5. The van der Waals surface area contributed by atoms with Crippen molar-refractivity contribution in [2.45, 2.75) is 20.8 Å². The summed E-state index contributed by atoms with van der Waals surface area (Å²) < 4.78 is 0. The van der Waals surface area contributed by atoms with Gasteiger partial charge in [-0.3, -0.25) is 0 Å². The van der Waals surface area contributed by atoms with Gasteiger partial charge in [0.2, 0.25) is 0 Å². The minimum Gasteiger partial charge on any atom is -0.338 e. The Balaban J connectivity index is 1.55. The van der Waals surface area contributed by atoms with Gasteiger partial charge in [-0.1, -0.05) is 17.7 Å². The first-order chi connectivity index (χ1) is 16.9. The van der Waals surface area contributed by atoms with Crippen LogP contribution in [0.2, 0.25) is 0 Å². The smallest absolute Gasteiger partial charge is 0.178 e. The molecule has 4 heterocycles. The number of aromatic nitrogens is 4. The standard InChI is InChI=1S/C27H28N8/c1-17-10-18(2)23(19(3)11-17)20-12-21(34-15-32(4)24-26(34)30-8-6-28-24)14-22(13-20)35-16-33(5)25-27(35)31-9-7-29-25/h6-14H,15-16H2,1-5H3. The lowest BCUT2D eigenvalue weighted by Crippen LogP contribution is -2.26. The number of rotatable bonds is 3. The van der Waals surface area contributed by atoms with E-state index in [2.05, 4.69) is 90.6 Å². The van der Waals surface area contributed by atoms with Gasteiger partial charge in [-0.15, -0.1) is 0 Å². The molecular weight excluding hydrogens is 436 g/mol. The Kier molecular flexibility index (Phi) is 4.84. The Labute approximate surface area is 205 Å². The summed E-state index contributed by atoms with van der Waals surface area (Å²) >= 11 is 0. The second-order valence-electron chi connectivity index (χ2n) is 9.45. The highest BCUT2D eigenvalue weighted by Crippen LogP contribution is 2.44. The Bertz CT molecular complexity index is 1350. The molecule has 0 amide bonds. The van der Waals surface area contributed by atoms with Crippen molar-refractivity contribution in [2.24, 2.45) is 0 Å². The van der Waals surface area contributed by atoms with E-state index < -0.39 is 0 Å². The first kappa shape index (κ1) is 21.3. The average Bonchev–Trinajstić information content (AvgIpc) is 3.36. The summed E-state index contributed by atoms with van der Waals surface area (Å²) in [6.07, 6.45) is 7.00. The van der Waals surface area contributed by atoms with Crippen molar-refractivity contribution in [3.05, 3.63) is 71.8 Å². The monoisotopic (exact) mass is 464 g/mol. The molecule has 8 nitrogen and oxygen atoms in total. The number of fused-ring (bicyclic) bond motifs is 2. The Morgan fingerprint density at radius 2 is 1.00 bits per heavy atom. The molecule has 0 bridgehead atoms. The van der Waals surface area contributed by atoms with Crippen LogP contribution in [0, 0.1) is 20.8 Å².